The van der Waals surface area contributed by atoms with E-state index >= 15 is 0 Å². The van der Waals surface area contributed by atoms with Crippen LogP contribution in [0.25, 0.3) is 0 Å². The Morgan fingerprint density at radius 2 is 1.90 bits per heavy atom. The van der Waals surface area contributed by atoms with Crippen LogP contribution in [0.5, 0.6) is 0 Å². The van der Waals surface area contributed by atoms with E-state index in [4.69, 9.17) is 28.3 Å². The van der Waals surface area contributed by atoms with Crippen molar-refractivity contribution < 1.29 is 27.9 Å². The molecule has 0 bridgehead atoms. The van der Waals surface area contributed by atoms with Crippen molar-refractivity contribution in [3.05, 3.63) is 51.5 Å². The van der Waals surface area contributed by atoms with Gasteiger partial charge in [-0.25, -0.2) is 0 Å². The minimum absolute atomic E-state index is 0.145. The second-order valence-electron chi connectivity index (χ2n) is 7.90. The maximum Gasteiger partial charge on any atom is 0.392 e. The molecule has 0 saturated heterocycles. The molecule has 170 valence electrons. The largest absolute Gasteiger partial charge is 0.481 e. The van der Waals surface area contributed by atoms with E-state index in [9.17, 15) is 22.8 Å². The quantitative estimate of drug-likeness (QED) is 0.474. The van der Waals surface area contributed by atoms with Crippen LogP contribution < -0.4 is 5.32 Å². The number of carboxylic acid groups (broad SMARTS) is 1. The third kappa shape index (κ3) is 6.50. The molecule has 0 aromatic heterocycles. The van der Waals surface area contributed by atoms with Gasteiger partial charge in [-0.1, -0.05) is 55.3 Å². The summed E-state index contributed by atoms with van der Waals surface area (Å²) in [6, 6.07) is 4.59. The van der Waals surface area contributed by atoms with Gasteiger partial charge in [-0.2, -0.15) is 13.2 Å². The van der Waals surface area contributed by atoms with E-state index in [1.54, 1.807) is 25.1 Å². The highest BCUT2D eigenvalue weighted by Gasteiger charge is 2.47. The molecule has 0 fully saturated rings. The van der Waals surface area contributed by atoms with E-state index in [-0.39, 0.29) is 23.6 Å². The van der Waals surface area contributed by atoms with E-state index < -0.39 is 41.7 Å². The van der Waals surface area contributed by atoms with Crippen molar-refractivity contribution in [2.24, 2.45) is 23.7 Å². The molecule has 0 radical (unpaired) electrons. The summed E-state index contributed by atoms with van der Waals surface area (Å²) in [5.41, 5.74) is 1.36. The molecular weight excluding hydrogens is 454 g/mol. The maximum atomic E-state index is 13.6. The summed E-state index contributed by atoms with van der Waals surface area (Å²) >= 11 is 12.2. The molecule has 2 N–H and O–H groups in total. The third-order valence-electron chi connectivity index (χ3n) is 5.48. The lowest BCUT2D eigenvalue weighted by Gasteiger charge is -2.32. The number of carboxylic acids is 1. The average Bonchev–Trinajstić information content (AvgIpc) is 2.66. The zero-order chi connectivity index (χ0) is 23.5. The molecule has 1 unspecified atom stereocenters. The van der Waals surface area contributed by atoms with Crippen molar-refractivity contribution in [2.75, 3.05) is 5.32 Å². The zero-order valence-electron chi connectivity index (χ0n) is 17.3. The summed E-state index contributed by atoms with van der Waals surface area (Å²) in [6.45, 7) is 4.20. The highest BCUT2D eigenvalue weighted by Crippen LogP contribution is 2.41. The first kappa shape index (κ1) is 25.3. The van der Waals surface area contributed by atoms with Crippen molar-refractivity contribution in [1.29, 1.82) is 0 Å². The summed E-state index contributed by atoms with van der Waals surface area (Å²) in [4.78, 5) is 24.1. The number of hydrogen-bond acceptors (Lipinski definition) is 2. The van der Waals surface area contributed by atoms with Crippen molar-refractivity contribution in [1.82, 2.24) is 0 Å². The molecule has 0 aliphatic heterocycles. The van der Waals surface area contributed by atoms with E-state index in [1.807, 2.05) is 0 Å². The van der Waals surface area contributed by atoms with Gasteiger partial charge in [0.05, 0.1) is 28.5 Å². The van der Waals surface area contributed by atoms with Crippen LogP contribution in [0, 0.1) is 23.7 Å². The van der Waals surface area contributed by atoms with Crippen molar-refractivity contribution in [3.8, 4) is 0 Å². The second-order valence-corrected chi connectivity index (χ2v) is 8.72. The summed E-state index contributed by atoms with van der Waals surface area (Å²) in [6.07, 6.45) is -0.964. The highest BCUT2D eigenvalue weighted by molar-refractivity contribution is 6.33. The molecule has 4 atom stereocenters. The number of rotatable bonds is 7. The van der Waals surface area contributed by atoms with Crippen LogP contribution in [-0.2, 0) is 16.0 Å². The van der Waals surface area contributed by atoms with Gasteiger partial charge in [0.1, 0.15) is 0 Å². The van der Waals surface area contributed by atoms with E-state index in [1.165, 1.54) is 19.1 Å². The number of halogens is 5. The fourth-order valence-corrected chi connectivity index (χ4v) is 3.88. The number of hydrogen-bond donors (Lipinski definition) is 2. The molecular formula is C22H24Cl2F3NO3. The fraction of sp³-hybridized carbons (Fsp3) is 0.455. The number of carbonyl (C=O) groups excluding carboxylic acids is 1. The standard InChI is InChI=1S/C22H24Cl2F3NO3/c1-11-9-15(5-7-16(11)23)19(13(3)22(25,26)27)20(29)28-18-10-14(4-6-17(18)24)8-12(2)21(30)31/h4,6-7,9-10,12-13,15,19H,5,8H2,1-3H3,(H,28,29)(H,30,31)/t12-,13+,15?,19-/m0/s1. The number of anilines is 1. The number of alkyl halides is 3. The first-order chi connectivity index (χ1) is 14.3. The van der Waals surface area contributed by atoms with Gasteiger partial charge in [-0.3, -0.25) is 9.59 Å². The number of benzene rings is 1. The Morgan fingerprint density at radius 1 is 1.26 bits per heavy atom. The van der Waals surface area contributed by atoms with Crippen LogP contribution in [0.3, 0.4) is 0 Å². The first-order valence-electron chi connectivity index (χ1n) is 9.74. The smallest absolute Gasteiger partial charge is 0.392 e. The van der Waals surface area contributed by atoms with Crippen LogP contribution in [-0.4, -0.2) is 23.2 Å². The predicted molar refractivity (Wildman–Crippen MR) is 115 cm³/mol. The van der Waals surface area contributed by atoms with Gasteiger partial charge in [-0.05, 0) is 49.0 Å². The SMILES string of the molecule is CC1=CC([C@@H](C(=O)Nc2cc(C[C@H](C)C(=O)O)ccc2Cl)[C@@H](C)C(F)(F)F)CC=C1Cl. The van der Waals surface area contributed by atoms with Crippen LogP contribution >= 0.6 is 23.2 Å². The molecule has 9 heteroatoms. The molecule has 31 heavy (non-hydrogen) atoms. The molecule has 1 aliphatic rings. The lowest BCUT2D eigenvalue weighted by atomic mass is 9.77. The van der Waals surface area contributed by atoms with Crippen LogP contribution in [0.1, 0.15) is 32.8 Å². The molecule has 1 aromatic rings. The predicted octanol–water partition coefficient (Wildman–Crippen LogP) is 6.45. The average molecular weight is 478 g/mol. The number of aliphatic carboxylic acids is 1. The number of amides is 1. The van der Waals surface area contributed by atoms with E-state index in [0.29, 0.717) is 16.2 Å². The van der Waals surface area contributed by atoms with Crippen LogP contribution in [0.4, 0.5) is 18.9 Å². The number of allylic oxidation sites excluding steroid dienone is 4. The minimum atomic E-state index is -4.57. The van der Waals surface area contributed by atoms with E-state index in [0.717, 1.165) is 6.92 Å². The minimum Gasteiger partial charge on any atom is -0.481 e. The normalized spacial score (nSPS) is 19.7. The molecule has 2 rings (SSSR count). The van der Waals surface area contributed by atoms with Gasteiger partial charge in [-0.15, -0.1) is 0 Å². The van der Waals surface area contributed by atoms with Gasteiger partial charge in [0.2, 0.25) is 5.91 Å². The van der Waals surface area contributed by atoms with Crippen LogP contribution in [0.15, 0.2) is 41.0 Å². The molecule has 0 spiro atoms. The monoisotopic (exact) mass is 477 g/mol. The first-order valence-corrected chi connectivity index (χ1v) is 10.5. The topological polar surface area (TPSA) is 66.4 Å². The molecule has 1 aliphatic carbocycles. The highest BCUT2D eigenvalue weighted by atomic mass is 35.5. The zero-order valence-corrected chi connectivity index (χ0v) is 18.8. The summed E-state index contributed by atoms with van der Waals surface area (Å²) in [5, 5.41) is 12.2. The lowest BCUT2D eigenvalue weighted by molar-refractivity contribution is -0.188. The summed E-state index contributed by atoms with van der Waals surface area (Å²) in [7, 11) is 0. The molecule has 1 amide bonds. The second kappa shape index (κ2) is 10.1. The van der Waals surface area contributed by atoms with Gasteiger partial charge >= 0.3 is 12.1 Å². The Balaban J connectivity index is 2.33. The van der Waals surface area contributed by atoms with Gasteiger partial charge in [0.15, 0.2) is 0 Å². The Hall–Kier alpha value is -1.99. The Bertz CT molecular complexity index is 912. The van der Waals surface area contributed by atoms with Crippen molar-refractivity contribution in [3.63, 3.8) is 0 Å². The van der Waals surface area contributed by atoms with Gasteiger partial charge in [0.25, 0.3) is 0 Å². The molecule has 0 saturated carbocycles. The van der Waals surface area contributed by atoms with Crippen molar-refractivity contribution >= 4 is 40.8 Å². The Kier molecular flexibility index (Phi) is 8.22. The Morgan fingerprint density at radius 3 is 2.45 bits per heavy atom. The Labute approximate surface area is 189 Å². The van der Waals surface area contributed by atoms with Crippen LogP contribution in [0.2, 0.25) is 5.02 Å². The summed E-state index contributed by atoms with van der Waals surface area (Å²) < 4.78 is 40.7. The van der Waals surface area contributed by atoms with Gasteiger partial charge < -0.3 is 10.4 Å². The number of carbonyl (C=O) groups is 2. The lowest BCUT2D eigenvalue weighted by Crippen LogP contribution is -2.40. The van der Waals surface area contributed by atoms with Gasteiger partial charge in [0, 0.05) is 5.03 Å². The molecule has 4 nitrogen and oxygen atoms in total. The molecule has 0 heterocycles. The van der Waals surface area contributed by atoms with E-state index in [2.05, 4.69) is 5.32 Å². The molecule has 1 aromatic carbocycles. The fourth-order valence-electron chi connectivity index (χ4n) is 3.57. The maximum absolute atomic E-state index is 13.6. The van der Waals surface area contributed by atoms with Crippen molar-refractivity contribution in [2.45, 2.75) is 39.8 Å². The number of nitrogens with one attached hydrogen (secondary N) is 1. The third-order valence-corrected chi connectivity index (χ3v) is 6.26. The summed E-state index contributed by atoms with van der Waals surface area (Å²) in [5.74, 6) is -6.45.